The van der Waals surface area contributed by atoms with E-state index in [1.165, 1.54) is 11.7 Å². The van der Waals surface area contributed by atoms with Crippen LogP contribution >= 0.6 is 27.5 Å². The summed E-state index contributed by atoms with van der Waals surface area (Å²) in [6, 6.07) is 7.03. The number of halogens is 2. The molecule has 0 amide bonds. The average molecular weight is 394 g/mol. The van der Waals surface area contributed by atoms with Crippen LogP contribution in [0.4, 0.5) is 0 Å². The van der Waals surface area contributed by atoms with Gasteiger partial charge in [0.1, 0.15) is 0 Å². The van der Waals surface area contributed by atoms with Crippen molar-refractivity contribution in [2.75, 3.05) is 0 Å². The molecule has 0 saturated heterocycles. The van der Waals surface area contributed by atoms with E-state index in [-0.39, 0.29) is 15.7 Å². The molecule has 1 heterocycles. The molecular formula is C12H14BrClN4O2S. The molecule has 1 unspecified atom stereocenters. The molecule has 2 rings (SSSR count). The van der Waals surface area contributed by atoms with Gasteiger partial charge < -0.3 is 0 Å². The number of hydrogen-bond donors (Lipinski definition) is 1. The van der Waals surface area contributed by atoms with Crippen LogP contribution in [-0.4, -0.2) is 29.5 Å². The van der Waals surface area contributed by atoms with E-state index in [1.54, 1.807) is 13.0 Å². The summed E-state index contributed by atoms with van der Waals surface area (Å²) in [4.78, 5) is 0. The van der Waals surface area contributed by atoms with Crippen molar-refractivity contribution in [2.45, 2.75) is 24.4 Å². The zero-order chi connectivity index (χ0) is 15.6. The van der Waals surface area contributed by atoms with Crippen molar-refractivity contribution in [3.05, 3.63) is 39.5 Å². The van der Waals surface area contributed by atoms with Gasteiger partial charge in [-0.3, -0.25) is 0 Å². The fourth-order valence-corrected chi connectivity index (χ4v) is 4.54. The number of nitrogens with zero attached hydrogens (tertiary/aromatic N) is 3. The summed E-state index contributed by atoms with van der Waals surface area (Å²) in [6.45, 7) is 1.79. The zero-order valence-electron chi connectivity index (χ0n) is 11.4. The predicted octanol–water partition coefficient (Wildman–Crippen LogP) is 2.14. The van der Waals surface area contributed by atoms with E-state index in [0.29, 0.717) is 11.4 Å². The highest BCUT2D eigenvalue weighted by Gasteiger charge is 2.25. The molecule has 2 aromatic rings. The smallest absolute Gasteiger partial charge is 0.235 e. The molecule has 1 aromatic carbocycles. The van der Waals surface area contributed by atoms with Crippen LogP contribution in [0.5, 0.6) is 0 Å². The van der Waals surface area contributed by atoms with E-state index >= 15 is 0 Å². The van der Waals surface area contributed by atoms with Gasteiger partial charge in [0, 0.05) is 18.1 Å². The van der Waals surface area contributed by atoms with Crippen LogP contribution in [0.2, 0.25) is 5.02 Å². The molecule has 0 aliphatic heterocycles. The van der Waals surface area contributed by atoms with Crippen molar-refractivity contribution < 1.29 is 8.42 Å². The maximum absolute atomic E-state index is 12.3. The highest BCUT2D eigenvalue weighted by molar-refractivity contribution is 9.10. The molecule has 114 valence electrons. The normalized spacial score (nSPS) is 13.3. The fraction of sp³-hybridized carbons (Fsp3) is 0.333. The summed E-state index contributed by atoms with van der Waals surface area (Å²) in [6.07, 6.45) is 0.530. The Labute approximate surface area is 136 Å². The van der Waals surface area contributed by atoms with E-state index in [9.17, 15) is 8.42 Å². The SMILES string of the molecule is CC(Cc1cccc(Cl)c1)NS(=O)(=O)c1c(Br)nnn1C. The van der Waals surface area contributed by atoms with Gasteiger partial charge in [-0.15, -0.1) is 5.10 Å². The Morgan fingerprint density at radius 1 is 1.48 bits per heavy atom. The Bertz CT molecular complexity index is 728. The number of aryl methyl sites for hydroxylation is 1. The van der Waals surface area contributed by atoms with Crippen molar-refractivity contribution in [1.82, 2.24) is 19.7 Å². The van der Waals surface area contributed by atoms with Gasteiger partial charge in [-0.2, -0.15) is 0 Å². The van der Waals surface area contributed by atoms with Crippen LogP contribution in [0, 0.1) is 0 Å². The number of hydrogen-bond acceptors (Lipinski definition) is 4. The van der Waals surface area contributed by atoms with E-state index < -0.39 is 10.0 Å². The van der Waals surface area contributed by atoms with E-state index in [0.717, 1.165) is 5.56 Å². The lowest BCUT2D eigenvalue weighted by atomic mass is 10.1. The van der Waals surface area contributed by atoms with E-state index in [2.05, 4.69) is 31.0 Å². The molecule has 1 aromatic heterocycles. The van der Waals surface area contributed by atoms with Crippen molar-refractivity contribution in [3.8, 4) is 0 Å². The molecule has 9 heteroatoms. The van der Waals surface area contributed by atoms with Gasteiger partial charge in [0.15, 0.2) is 4.60 Å². The van der Waals surface area contributed by atoms with Gasteiger partial charge in [0.2, 0.25) is 5.03 Å². The fourth-order valence-electron chi connectivity index (χ4n) is 1.99. The molecule has 0 saturated carbocycles. The van der Waals surface area contributed by atoms with Crippen LogP contribution in [0.15, 0.2) is 33.9 Å². The maximum atomic E-state index is 12.3. The predicted molar refractivity (Wildman–Crippen MR) is 83.6 cm³/mol. The summed E-state index contributed by atoms with van der Waals surface area (Å²) in [5, 5.41) is 7.97. The monoisotopic (exact) mass is 392 g/mol. The molecule has 21 heavy (non-hydrogen) atoms. The Hall–Kier alpha value is -0.960. The largest absolute Gasteiger partial charge is 0.260 e. The molecule has 0 radical (unpaired) electrons. The van der Waals surface area contributed by atoms with Gasteiger partial charge in [0.05, 0.1) is 0 Å². The summed E-state index contributed by atoms with van der Waals surface area (Å²) in [5.41, 5.74) is 0.958. The first-order valence-electron chi connectivity index (χ1n) is 6.11. The molecule has 6 nitrogen and oxygen atoms in total. The van der Waals surface area contributed by atoms with Gasteiger partial charge in [-0.05, 0) is 47.0 Å². The Balaban J connectivity index is 2.14. The minimum atomic E-state index is -3.70. The molecule has 0 aliphatic carbocycles. The first-order valence-corrected chi connectivity index (χ1v) is 8.77. The van der Waals surface area contributed by atoms with Crippen molar-refractivity contribution in [1.29, 1.82) is 0 Å². The first kappa shape index (κ1) is 16.4. The summed E-state index contributed by atoms with van der Waals surface area (Å²) >= 11 is 9.01. The van der Waals surface area contributed by atoms with Crippen molar-refractivity contribution in [3.63, 3.8) is 0 Å². The van der Waals surface area contributed by atoms with Crippen LogP contribution in [0.3, 0.4) is 0 Å². The van der Waals surface area contributed by atoms with Crippen molar-refractivity contribution >= 4 is 37.6 Å². The number of benzene rings is 1. The molecule has 0 spiro atoms. The highest BCUT2D eigenvalue weighted by Crippen LogP contribution is 2.19. The third-order valence-electron chi connectivity index (χ3n) is 2.78. The minimum absolute atomic E-state index is 0.000411. The van der Waals surface area contributed by atoms with Crippen LogP contribution < -0.4 is 4.72 Å². The lowest BCUT2D eigenvalue weighted by molar-refractivity contribution is 0.542. The Kier molecular flexibility index (Phi) is 5.03. The molecule has 0 bridgehead atoms. The average Bonchev–Trinajstić information content (AvgIpc) is 2.68. The van der Waals surface area contributed by atoms with Gasteiger partial charge in [-0.1, -0.05) is 28.9 Å². The molecule has 0 aliphatic rings. The number of rotatable bonds is 5. The minimum Gasteiger partial charge on any atom is -0.235 e. The maximum Gasteiger partial charge on any atom is 0.260 e. The molecule has 1 atom stereocenters. The number of aromatic nitrogens is 3. The lowest BCUT2D eigenvalue weighted by Crippen LogP contribution is -2.35. The quantitative estimate of drug-likeness (QED) is 0.844. The Morgan fingerprint density at radius 2 is 2.19 bits per heavy atom. The third-order valence-corrected chi connectivity index (χ3v) is 5.49. The first-order chi connectivity index (χ1) is 9.79. The molecular weight excluding hydrogens is 380 g/mol. The second kappa shape index (κ2) is 6.43. The van der Waals surface area contributed by atoms with E-state index in [1.807, 2.05) is 18.2 Å². The summed E-state index contributed by atoms with van der Waals surface area (Å²) in [7, 11) is -2.18. The zero-order valence-corrected chi connectivity index (χ0v) is 14.6. The van der Waals surface area contributed by atoms with Gasteiger partial charge in [-0.25, -0.2) is 17.8 Å². The van der Waals surface area contributed by atoms with Crippen LogP contribution in [0.1, 0.15) is 12.5 Å². The summed E-state index contributed by atoms with van der Waals surface area (Å²) in [5.74, 6) is 0. The second-order valence-electron chi connectivity index (χ2n) is 4.67. The lowest BCUT2D eigenvalue weighted by Gasteiger charge is -2.14. The summed E-state index contributed by atoms with van der Waals surface area (Å²) < 4.78 is 28.7. The van der Waals surface area contributed by atoms with Gasteiger partial charge in [0.25, 0.3) is 10.0 Å². The molecule has 1 N–H and O–H groups in total. The topological polar surface area (TPSA) is 76.9 Å². The number of nitrogens with one attached hydrogen (secondary N) is 1. The second-order valence-corrected chi connectivity index (χ2v) is 7.48. The van der Waals surface area contributed by atoms with Crippen LogP contribution in [0.25, 0.3) is 0 Å². The van der Waals surface area contributed by atoms with Crippen LogP contribution in [-0.2, 0) is 23.5 Å². The van der Waals surface area contributed by atoms with Gasteiger partial charge >= 0.3 is 0 Å². The third kappa shape index (κ3) is 4.03. The van der Waals surface area contributed by atoms with E-state index in [4.69, 9.17) is 11.6 Å². The highest BCUT2D eigenvalue weighted by atomic mass is 79.9. The molecule has 0 fully saturated rings. The Morgan fingerprint density at radius 3 is 2.76 bits per heavy atom. The number of sulfonamides is 1. The standard InChI is InChI=1S/C12H14BrClN4O2S/c1-8(6-9-4-3-5-10(14)7-9)16-21(19,20)12-11(13)15-17-18(12)2/h3-5,7-8,16H,6H2,1-2H3. The van der Waals surface area contributed by atoms with Crippen molar-refractivity contribution in [2.24, 2.45) is 7.05 Å².